The second-order valence-corrected chi connectivity index (χ2v) is 5.07. The van der Waals surface area contributed by atoms with E-state index in [4.69, 9.17) is 9.84 Å². The summed E-state index contributed by atoms with van der Waals surface area (Å²) in [5.41, 5.74) is 0.104. The molecule has 0 aliphatic heterocycles. The van der Waals surface area contributed by atoms with Crippen molar-refractivity contribution in [2.24, 2.45) is 0 Å². The van der Waals surface area contributed by atoms with Crippen LogP contribution in [0.1, 0.15) is 38.7 Å². The Labute approximate surface area is 118 Å². The fraction of sp³-hybridized carbons (Fsp3) is 0.467. The molecule has 0 saturated heterocycles. The maximum absolute atomic E-state index is 11.8. The standard InChI is InChI=1S/C15H21NO4/c1-3-9-15(2,10-13(17)18)16-14(19)20-11-12-7-5-4-6-8-12/h4-8H,3,9-11H2,1-2H3,(H,16,19)(H,17,18)/t15-/m0/s1. The Morgan fingerprint density at radius 2 is 1.95 bits per heavy atom. The van der Waals surface area contributed by atoms with Crippen molar-refractivity contribution in [1.82, 2.24) is 5.32 Å². The molecule has 0 saturated carbocycles. The van der Waals surface area contributed by atoms with Gasteiger partial charge in [0.15, 0.2) is 0 Å². The van der Waals surface area contributed by atoms with Gasteiger partial charge in [-0.25, -0.2) is 4.79 Å². The molecule has 1 amide bonds. The Morgan fingerprint density at radius 1 is 1.30 bits per heavy atom. The van der Waals surface area contributed by atoms with Crippen molar-refractivity contribution in [3.8, 4) is 0 Å². The Bertz CT molecular complexity index is 446. The number of benzene rings is 1. The van der Waals surface area contributed by atoms with E-state index in [1.165, 1.54) is 0 Å². The van der Waals surface area contributed by atoms with E-state index in [-0.39, 0.29) is 13.0 Å². The Kier molecular flexibility index (Phi) is 6.03. The van der Waals surface area contributed by atoms with Crippen molar-refractivity contribution in [1.29, 1.82) is 0 Å². The number of hydrogen-bond donors (Lipinski definition) is 2. The molecular formula is C15H21NO4. The average molecular weight is 279 g/mol. The molecule has 0 aromatic heterocycles. The predicted octanol–water partition coefficient (Wildman–Crippen LogP) is 2.95. The van der Waals surface area contributed by atoms with Crippen LogP contribution < -0.4 is 5.32 Å². The molecule has 5 nitrogen and oxygen atoms in total. The van der Waals surface area contributed by atoms with E-state index in [0.29, 0.717) is 6.42 Å². The summed E-state index contributed by atoms with van der Waals surface area (Å²) in [6.45, 7) is 3.83. The zero-order valence-electron chi connectivity index (χ0n) is 11.9. The van der Waals surface area contributed by atoms with E-state index in [1.807, 2.05) is 37.3 Å². The lowest BCUT2D eigenvalue weighted by atomic mass is 9.92. The number of nitrogens with one attached hydrogen (secondary N) is 1. The number of hydrogen-bond acceptors (Lipinski definition) is 3. The summed E-state index contributed by atoms with van der Waals surface area (Å²) < 4.78 is 5.11. The normalized spacial score (nSPS) is 13.3. The minimum absolute atomic E-state index is 0.124. The summed E-state index contributed by atoms with van der Waals surface area (Å²) in [5, 5.41) is 11.6. The van der Waals surface area contributed by atoms with Gasteiger partial charge in [0, 0.05) is 0 Å². The van der Waals surface area contributed by atoms with Crippen LogP contribution in [0.25, 0.3) is 0 Å². The van der Waals surface area contributed by atoms with E-state index >= 15 is 0 Å². The van der Waals surface area contributed by atoms with Crippen LogP contribution >= 0.6 is 0 Å². The predicted molar refractivity (Wildman–Crippen MR) is 75.3 cm³/mol. The topological polar surface area (TPSA) is 75.6 Å². The highest BCUT2D eigenvalue weighted by molar-refractivity contribution is 5.72. The number of rotatable bonds is 7. The second-order valence-electron chi connectivity index (χ2n) is 5.07. The molecule has 0 bridgehead atoms. The van der Waals surface area contributed by atoms with Crippen molar-refractivity contribution in [2.45, 2.75) is 45.3 Å². The molecule has 0 unspecified atom stereocenters. The highest BCUT2D eigenvalue weighted by Gasteiger charge is 2.29. The van der Waals surface area contributed by atoms with Gasteiger partial charge in [-0.15, -0.1) is 0 Å². The number of ether oxygens (including phenoxy) is 1. The number of carboxylic acid groups (broad SMARTS) is 1. The van der Waals surface area contributed by atoms with E-state index in [9.17, 15) is 9.59 Å². The van der Waals surface area contributed by atoms with E-state index in [2.05, 4.69) is 5.32 Å². The van der Waals surface area contributed by atoms with Gasteiger partial charge in [-0.2, -0.15) is 0 Å². The molecule has 0 spiro atoms. The third-order valence-corrected chi connectivity index (χ3v) is 2.96. The Balaban J connectivity index is 2.51. The minimum Gasteiger partial charge on any atom is -0.481 e. The molecule has 1 rings (SSSR count). The first kappa shape index (κ1) is 16.0. The summed E-state index contributed by atoms with van der Waals surface area (Å²) in [4.78, 5) is 22.6. The first-order valence-electron chi connectivity index (χ1n) is 6.66. The third-order valence-electron chi connectivity index (χ3n) is 2.96. The van der Waals surface area contributed by atoms with E-state index < -0.39 is 17.6 Å². The van der Waals surface area contributed by atoms with Crippen molar-refractivity contribution < 1.29 is 19.4 Å². The van der Waals surface area contributed by atoms with Crippen molar-refractivity contribution in [2.75, 3.05) is 0 Å². The lowest BCUT2D eigenvalue weighted by Crippen LogP contribution is -2.47. The van der Waals surface area contributed by atoms with Gasteiger partial charge in [-0.1, -0.05) is 43.7 Å². The summed E-state index contributed by atoms with van der Waals surface area (Å²) in [5.74, 6) is -0.940. The Hall–Kier alpha value is -2.04. The van der Waals surface area contributed by atoms with Crippen LogP contribution in [0.3, 0.4) is 0 Å². The van der Waals surface area contributed by atoms with Crippen LogP contribution in [0.2, 0.25) is 0 Å². The Morgan fingerprint density at radius 3 is 2.50 bits per heavy atom. The smallest absolute Gasteiger partial charge is 0.407 e. The van der Waals surface area contributed by atoms with Crippen LogP contribution in [-0.2, 0) is 16.1 Å². The van der Waals surface area contributed by atoms with Gasteiger partial charge in [0.1, 0.15) is 6.61 Å². The molecule has 0 fully saturated rings. The molecule has 0 aliphatic carbocycles. The zero-order valence-corrected chi connectivity index (χ0v) is 11.9. The van der Waals surface area contributed by atoms with Crippen LogP contribution in [0.4, 0.5) is 4.79 Å². The van der Waals surface area contributed by atoms with Crippen molar-refractivity contribution in [3.05, 3.63) is 35.9 Å². The maximum Gasteiger partial charge on any atom is 0.407 e. The minimum atomic E-state index is -0.940. The molecule has 1 aromatic carbocycles. The molecule has 0 heterocycles. The van der Waals surface area contributed by atoms with Gasteiger partial charge in [0.2, 0.25) is 0 Å². The molecule has 20 heavy (non-hydrogen) atoms. The van der Waals surface area contributed by atoms with Crippen molar-refractivity contribution >= 4 is 12.1 Å². The van der Waals surface area contributed by atoms with Crippen LogP contribution in [0.15, 0.2) is 30.3 Å². The lowest BCUT2D eigenvalue weighted by molar-refractivity contribution is -0.138. The fourth-order valence-corrected chi connectivity index (χ4v) is 2.09. The van der Waals surface area contributed by atoms with Crippen LogP contribution in [0, 0.1) is 0 Å². The molecule has 0 radical (unpaired) electrons. The number of aliphatic carboxylic acids is 1. The number of carboxylic acids is 1. The molecule has 0 aliphatic rings. The molecule has 5 heteroatoms. The maximum atomic E-state index is 11.8. The van der Waals surface area contributed by atoms with Gasteiger partial charge >= 0.3 is 12.1 Å². The van der Waals surface area contributed by atoms with Gasteiger partial charge in [0.25, 0.3) is 0 Å². The molecule has 1 aromatic rings. The van der Waals surface area contributed by atoms with Crippen LogP contribution in [-0.4, -0.2) is 22.7 Å². The third kappa shape index (κ3) is 5.73. The molecule has 1 atom stereocenters. The summed E-state index contributed by atoms with van der Waals surface area (Å²) in [6.07, 6.45) is 0.648. The summed E-state index contributed by atoms with van der Waals surface area (Å²) >= 11 is 0. The van der Waals surface area contributed by atoms with Gasteiger partial charge in [-0.3, -0.25) is 4.79 Å². The van der Waals surface area contributed by atoms with Gasteiger partial charge in [-0.05, 0) is 18.9 Å². The van der Waals surface area contributed by atoms with E-state index in [1.54, 1.807) is 6.92 Å². The largest absolute Gasteiger partial charge is 0.481 e. The lowest BCUT2D eigenvalue weighted by Gasteiger charge is -2.28. The number of amides is 1. The first-order chi connectivity index (χ1) is 9.45. The van der Waals surface area contributed by atoms with Gasteiger partial charge in [0.05, 0.1) is 12.0 Å². The zero-order chi connectivity index (χ0) is 15.0. The summed E-state index contributed by atoms with van der Waals surface area (Å²) in [6, 6.07) is 9.32. The molecular weight excluding hydrogens is 258 g/mol. The number of carbonyl (C=O) groups is 2. The van der Waals surface area contributed by atoms with Crippen molar-refractivity contribution in [3.63, 3.8) is 0 Å². The quantitative estimate of drug-likeness (QED) is 0.804. The fourth-order valence-electron chi connectivity index (χ4n) is 2.09. The number of alkyl carbamates (subject to hydrolysis) is 1. The van der Waals surface area contributed by atoms with Gasteiger partial charge < -0.3 is 15.2 Å². The molecule has 2 N–H and O–H groups in total. The highest BCUT2D eigenvalue weighted by Crippen LogP contribution is 2.17. The van der Waals surface area contributed by atoms with E-state index in [0.717, 1.165) is 12.0 Å². The summed E-state index contributed by atoms with van der Waals surface area (Å²) in [7, 11) is 0. The molecule has 110 valence electrons. The monoisotopic (exact) mass is 279 g/mol. The first-order valence-corrected chi connectivity index (χ1v) is 6.66. The second kappa shape index (κ2) is 7.53. The number of carbonyl (C=O) groups excluding carboxylic acids is 1. The highest BCUT2D eigenvalue weighted by atomic mass is 16.5. The SMILES string of the molecule is CCC[C@@](C)(CC(=O)O)NC(=O)OCc1ccccc1. The van der Waals surface area contributed by atoms with Crippen LogP contribution in [0.5, 0.6) is 0 Å². The average Bonchev–Trinajstić information content (AvgIpc) is 2.36.